The van der Waals surface area contributed by atoms with Crippen LogP contribution in [0.4, 0.5) is 0 Å². The van der Waals surface area contributed by atoms with Crippen molar-refractivity contribution in [3.8, 4) is 0 Å². The molecule has 1 aliphatic rings. The third kappa shape index (κ3) is 2.29. The molecule has 2 heterocycles. The molecule has 1 fully saturated rings. The standard InChI is InChI=1S/C9H15N3O/c10-8-1-4-12(5-2-8)7-9-3-6-13-11-9/h3,6,8H,1-2,4-5,7,10H2. The molecule has 4 heteroatoms. The van der Waals surface area contributed by atoms with Crippen molar-refractivity contribution in [1.82, 2.24) is 10.1 Å². The van der Waals surface area contributed by atoms with Crippen molar-refractivity contribution >= 4 is 0 Å². The maximum absolute atomic E-state index is 5.81. The molecule has 4 nitrogen and oxygen atoms in total. The highest BCUT2D eigenvalue weighted by Crippen LogP contribution is 2.11. The molecule has 72 valence electrons. The van der Waals surface area contributed by atoms with Gasteiger partial charge in [0.05, 0.1) is 5.69 Å². The van der Waals surface area contributed by atoms with E-state index in [1.807, 2.05) is 6.07 Å². The van der Waals surface area contributed by atoms with Crippen molar-refractivity contribution in [2.24, 2.45) is 5.73 Å². The minimum absolute atomic E-state index is 0.397. The van der Waals surface area contributed by atoms with Gasteiger partial charge in [0.1, 0.15) is 6.26 Å². The quantitative estimate of drug-likeness (QED) is 0.725. The van der Waals surface area contributed by atoms with Crippen LogP contribution in [0.1, 0.15) is 18.5 Å². The normalized spacial score (nSPS) is 20.7. The summed E-state index contributed by atoms with van der Waals surface area (Å²) in [6.45, 7) is 3.05. The van der Waals surface area contributed by atoms with Crippen molar-refractivity contribution in [3.05, 3.63) is 18.0 Å². The number of nitrogens with zero attached hydrogens (tertiary/aromatic N) is 2. The number of likely N-dealkylation sites (tertiary alicyclic amines) is 1. The van der Waals surface area contributed by atoms with Gasteiger partial charge in [-0.05, 0) is 12.8 Å². The van der Waals surface area contributed by atoms with Crippen molar-refractivity contribution in [2.75, 3.05) is 13.1 Å². The Morgan fingerprint density at radius 2 is 2.31 bits per heavy atom. The fourth-order valence-electron chi connectivity index (χ4n) is 1.66. The molecule has 2 rings (SSSR count). The van der Waals surface area contributed by atoms with Gasteiger partial charge in [-0.2, -0.15) is 0 Å². The van der Waals surface area contributed by atoms with E-state index in [0.29, 0.717) is 6.04 Å². The summed E-state index contributed by atoms with van der Waals surface area (Å²) in [5.74, 6) is 0. The lowest BCUT2D eigenvalue weighted by molar-refractivity contribution is 0.200. The Morgan fingerprint density at radius 3 is 2.92 bits per heavy atom. The predicted octanol–water partition coefficient (Wildman–Crippen LogP) is 0.598. The van der Waals surface area contributed by atoms with Crippen LogP contribution in [-0.4, -0.2) is 29.2 Å². The Labute approximate surface area is 77.7 Å². The van der Waals surface area contributed by atoms with Gasteiger partial charge in [0.25, 0.3) is 0 Å². The first kappa shape index (κ1) is 8.72. The average Bonchev–Trinajstić information content (AvgIpc) is 2.62. The molecule has 13 heavy (non-hydrogen) atoms. The lowest BCUT2D eigenvalue weighted by Crippen LogP contribution is -2.39. The Bertz CT molecular complexity index is 239. The molecule has 0 spiro atoms. The van der Waals surface area contributed by atoms with Crippen LogP contribution in [0.15, 0.2) is 16.9 Å². The van der Waals surface area contributed by atoms with E-state index < -0.39 is 0 Å². The number of rotatable bonds is 2. The highest BCUT2D eigenvalue weighted by Gasteiger charge is 2.16. The summed E-state index contributed by atoms with van der Waals surface area (Å²) < 4.78 is 4.78. The molecule has 0 bridgehead atoms. The molecule has 2 N–H and O–H groups in total. The maximum atomic E-state index is 5.81. The fourth-order valence-corrected chi connectivity index (χ4v) is 1.66. The van der Waals surface area contributed by atoms with E-state index in [1.165, 1.54) is 0 Å². The second kappa shape index (κ2) is 3.89. The molecule has 0 atom stereocenters. The van der Waals surface area contributed by atoms with E-state index in [2.05, 4.69) is 10.1 Å². The molecule has 1 saturated heterocycles. The van der Waals surface area contributed by atoms with Crippen LogP contribution < -0.4 is 5.73 Å². The molecule has 0 radical (unpaired) electrons. The molecule has 0 amide bonds. The van der Waals surface area contributed by atoms with Crippen molar-refractivity contribution < 1.29 is 4.52 Å². The fraction of sp³-hybridized carbons (Fsp3) is 0.667. The number of piperidine rings is 1. The summed E-state index contributed by atoms with van der Waals surface area (Å²) in [6.07, 6.45) is 3.81. The zero-order chi connectivity index (χ0) is 9.10. The van der Waals surface area contributed by atoms with Gasteiger partial charge in [0.15, 0.2) is 0 Å². The Kier molecular flexibility index (Phi) is 2.61. The summed E-state index contributed by atoms with van der Waals surface area (Å²) in [4.78, 5) is 2.36. The number of hydrogen-bond acceptors (Lipinski definition) is 4. The molecular weight excluding hydrogens is 166 g/mol. The maximum Gasteiger partial charge on any atom is 0.124 e. The molecular formula is C9H15N3O. The largest absolute Gasteiger partial charge is 0.364 e. The third-order valence-electron chi connectivity index (χ3n) is 2.51. The zero-order valence-corrected chi connectivity index (χ0v) is 7.65. The Morgan fingerprint density at radius 1 is 1.54 bits per heavy atom. The smallest absolute Gasteiger partial charge is 0.124 e. The van der Waals surface area contributed by atoms with Crippen LogP contribution in [0.3, 0.4) is 0 Å². The molecule has 1 aromatic rings. The van der Waals surface area contributed by atoms with Crippen molar-refractivity contribution in [2.45, 2.75) is 25.4 Å². The zero-order valence-electron chi connectivity index (χ0n) is 7.65. The lowest BCUT2D eigenvalue weighted by atomic mass is 10.1. The first-order valence-corrected chi connectivity index (χ1v) is 4.72. The van der Waals surface area contributed by atoms with Gasteiger partial charge >= 0.3 is 0 Å². The molecule has 1 aromatic heterocycles. The van der Waals surface area contributed by atoms with Gasteiger partial charge < -0.3 is 10.3 Å². The first-order chi connectivity index (χ1) is 6.34. The van der Waals surface area contributed by atoms with Gasteiger partial charge in [-0.15, -0.1) is 0 Å². The predicted molar refractivity (Wildman–Crippen MR) is 49.0 cm³/mol. The second-order valence-electron chi connectivity index (χ2n) is 3.60. The molecule has 1 aliphatic heterocycles. The van der Waals surface area contributed by atoms with Gasteiger partial charge in [0.2, 0.25) is 0 Å². The SMILES string of the molecule is NC1CCN(Cc2ccon2)CC1. The van der Waals surface area contributed by atoms with Crippen LogP contribution >= 0.6 is 0 Å². The minimum Gasteiger partial charge on any atom is -0.364 e. The van der Waals surface area contributed by atoms with E-state index in [0.717, 1.165) is 38.2 Å². The monoisotopic (exact) mass is 181 g/mol. The van der Waals surface area contributed by atoms with E-state index in [9.17, 15) is 0 Å². The number of nitrogens with two attached hydrogens (primary N) is 1. The van der Waals surface area contributed by atoms with E-state index >= 15 is 0 Å². The molecule has 0 unspecified atom stereocenters. The Hall–Kier alpha value is -0.870. The summed E-state index contributed by atoms with van der Waals surface area (Å²) >= 11 is 0. The second-order valence-corrected chi connectivity index (χ2v) is 3.60. The van der Waals surface area contributed by atoms with Crippen LogP contribution in [0.2, 0.25) is 0 Å². The highest BCUT2D eigenvalue weighted by molar-refractivity contribution is 4.95. The van der Waals surface area contributed by atoms with Crippen LogP contribution in [0.5, 0.6) is 0 Å². The summed E-state index contributed by atoms with van der Waals surface area (Å²) in [5.41, 5.74) is 6.82. The summed E-state index contributed by atoms with van der Waals surface area (Å²) in [6, 6.07) is 2.31. The molecule has 0 aliphatic carbocycles. The molecule has 0 aromatic carbocycles. The first-order valence-electron chi connectivity index (χ1n) is 4.72. The topological polar surface area (TPSA) is 55.3 Å². The van der Waals surface area contributed by atoms with E-state index in [-0.39, 0.29) is 0 Å². The average molecular weight is 181 g/mol. The van der Waals surface area contributed by atoms with Gasteiger partial charge in [-0.1, -0.05) is 5.16 Å². The Balaban J connectivity index is 1.83. The van der Waals surface area contributed by atoms with Gasteiger partial charge in [0, 0.05) is 31.7 Å². The van der Waals surface area contributed by atoms with Crippen molar-refractivity contribution in [1.29, 1.82) is 0 Å². The van der Waals surface area contributed by atoms with Gasteiger partial charge in [-0.25, -0.2) is 0 Å². The highest BCUT2D eigenvalue weighted by atomic mass is 16.5. The lowest BCUT2D eigenvalue weighted by Gasteiger charge is -2.29. The van der Waals surface area contributed by atoms with Crippen LogP contribution in [0, 0.1) is 0 Å². The van der Waals surface area contributed by atoms with E-state index in [1.54, 1.807) is 6.26 Å². The number of hydrogen-bond donors (Lipinski definition) is 1. The van der Waals surface area contributed by atoms with Crippen LogP contribution in [0.25, 0.3) is 0 Å². The summed E-state index contributed by atoms with van der Waals surface area (Å²) in [5, 5.41) is 3.88. The minimum atomic E-state index is 0.397. The number of aromatic nitrogens is 1. The van der Waals surface area contributed by atoms with Crippen LogP contribution in [-0.2, 0) is 6.54 Å². The van der Waals surface area contributed by atoms with E-state index in [4.69, 9.17) is 10.3 Å². The van der Waals surface area contributed by atoms with Crippen molar-refractivity contribution in [3.63, 3.8) is 0 Å². The summed E-state index contributed by atoms with van der Waals surface area (Å²) in [7, 11) is 0. The van der Waals surface area contributed by atoms with Gasteiger partial charge in [-0.3, -0.25) is 4.90 Å². The molecule has 0 saturated carbocycles. The third-order valence-corrected chi connectivity index (χ3v) is 2.51.